The SMILES string of the molecule is CCCN(CCC(NC)c1c(F)cccc1OC)C1CC1. The van der Waals surface area contributed by atoms with Crippen molar-refractivity contribution in [2.45, 2.75) is 44.7 Å². The van der Waals surface area contributed by atoms with E-state index in [0.29, 0.717) is 11.3 Å². The number of hydrogen-bond donors (Lipinski definition) is 1. The fraction of sp³-hybridized carbons (Fsp3) is 0.647. The minimum absolute atomic E-state index is 0.0146. The molecule has 1 saturated carbocycles. The van der Waals surface area contributed by atoms with Crippen LogP contribution in [-0.4, -0.2) is 38.2 Å². The van der Waals surface area contributed by atoms with Crippen LogP contribution in [-0.2, 0) is 0 Å². The number of ether oxygens (including phenoxy) is 1. The van der Waals surface area contributed by atoms with E-state index in [0.717, 1.165) is 25.6 Å². The standard InChI is InChI=1S/C17H27FN2O/c1-4-11-20(13-8-9-13)12-10-15(19-2)17-14(18)6-5-7-16(17)21-3/h5-7,13,15,19H,4,8-12H2,1-3H3. The van der Waals surface area contributed by atoms with E-state index in [1.807, 2.05) is 13.1 Å². The van der Waals surface area contributed by atoms with Crippen molar-refractivity contribution in [3.63, 3.8) is 0 Å². The third-order valence-electron chi connectivity index (χ3n) is 4.21. The topological polar surface area (TPSA) is 24.5 Å². The van der Waals surface area contributed by atoms with Gasteiger partial charge in [0, 0.05) is 24.2 Å². The lowest BCUT2D eigenvalue weighted by Crippen LogP contribution is -2.31. The van der Waals surface area contributed by atoms with Crippen LogP contribution in [0.5, 0.6) is 5.75 Å². The molecule has 0 aliphatic heterocycles. The van der Waals surface area contributed by atoms with Crippen molar-refractivity contribution in [3.8, 4) is 5.75 Å². The van der Waals surface area contributed by atoms with Crippen molar-refractivity contribution in [1.82, 2.24) is 10.2 Å². The highest BCUT2D eigenvalue weighted by Gasteiger charge is 2.29. The highest BCUT2D eigenvalue weighted by molar-refractivity contribution is 5.37. The monoisotopic (exact) mass is 294 g/mol. The molecular weight excluding hydrogens is 267 g/mol. The van der Waals surface area contributed by atoms with E-state index >= 15 is 0 Å². The van der Waals surface area contributed by atoms with Gasteiger partial charge in [0.25, 0.3) is 0 Å². The van der Waals surface area contributed by atoms with Crippen molar-refractivity contribution in [2.75, 3.05) is 27.2 Å². The van der Waals surface area contributed by atoms with Gasteiger partial charge in [-0.1, -0.05) is 13.0 Å². The van der Waals surface area contributed by atoms with E-state index in [1.54, 1.807) is 13.2 Å². The van der Waals surface area contributed by atoms with E-state index in [4.69, 9.17) is 4.74 Å². The number of nitrogens with zero attached hydrogens (tertiary/aromatic N) is 1. The van der Waals surface area contributed by atoms with Gasteiger partial charge < -0.3 is 15.0 Å². The van der Waals surface area contributed by atoms with Gasteiger partial charge in [-0.15, -0.1) is 0 Å². The summed E-state index contributed by atoms with van der Waals surface area (Å²) in [5, 5.41) is 3.24. The predicted octanol–water partition coefficient (Wildman–Crippen LogP) is 3.36. The minimum Gasteiger partial charge on any atom is -0.496 e. The summed E-state index contributed by atoms with van der Waals surface area (Å²) in [6.07, 6.45) is 4.69. The number of nitrogens with one attached hydrogen (secondary N) is 1. The highest BCUT2D eigenvalue weighted by Crippen LogP contribution is 2.32. The van der Waals surface area contributed by atoms with Gasteiger partial charge in [-0.3, -0.25) is 0 Å². The van der Waals surface area contributed by atoms with Crippen molar-refractivity contribution in [3.05, 3.63) is 29.6 Å². The molecule has 0 bridgehead atoms. The molecule has 21 heavy (non-hydrogen) atoms. The molecular formula is C17H27FN2O. The lowest BCUT2D eigenvalue weighted by Gasteiger charge is -2.25. The zero-order valence-electron chi connectivity index (χ0n) is 13.4. The molecule has 0 saturated heterocycles. The molecule has 1 atom stereocenters. The molecule has 4 heteroatoms. The van der Waals surface area contributed by atoms with Gasteiger partial charge in [-0.05, 0) is 51.4 Å². The summed E-state index contributed by atoms with van der Waals surface area (Å²) in [5.41, 5.74) is 0.648. The Hall–Kier alpha value is -1.13. The second-order valence-corrected chi connectivity index (χ2v) is 5.75. The van der Waals surface area contributed by atoms with E-state index in [1.165, 1.54) is 25.3 Å². The van der Waals surface area contributed by atoms with Gasteiger partial charge in [0.1, 0.15) is 11.6 Å². The average molecular weight is 294 g/mol. The summed E-state index contributed by atoms with van der Waals surface area (Å²) >= 11 is 0. The molecule has 1 N–H and O–H groups in total. The van der Waals surface area contributed by atoms with E-state index in [-0.39, 0.29) is 11.9 Å². The molecule has 0 radical (unpaired) electrons. The summed E-state index contributed by atoms with van der Waals surface area (Å²) in [6, 6.07) is 5.77. The van der Waals surface area contributed by atoms with Crippen molar-refractivity contribution < 1.29 is 9.13 Å². The number of benzene rings is 1. The molecule has 118 valence electrons. The van der Waals surface area contributed by atoms with Gasteiger partial charge in [0.15, 0.2) is 0 Å². The van der Waals surface area contributed by atoms with Crippen molar-refractivity contribution in [2.24, 2.45) is 0 Å². The van der Waals surface area contributed by atoms with Gasteiger partial charge in [-0.25, -0.2) is 4.39 Å². The molecule has 0 amide bonds. The minimum atomic E-state index is -0.192. The first-order valence-corrected chi connectivity index (χ1v) is 7.95. The maximum absolute atomic E-state index is 14.2. The summed E-state index contributed by atoms with van der Waals surface area (Å²) in [7, 11) is 3.48. The Balaban J connectivity index is 2.05. The van der Waals surface area contributed by atoms with Crippen LogP contribution in [0.3, 0.4) is 0 Å². The van der Waals surface area contributed by atoms with Crippen LogP contribution >= 0.6 is 0 Å². The third-order valence-corrected chi connectivity index (χ3v) is 4.21. The molecule has 1 aliphatic rings. The first-order valence-electron chi connectivity index (χ1n) is 7.95. The number of halogens is 1. The molecule has 3 nitrogen and oxygen atoms in total. The van der Waals surface area contributed by atoms with Gasteiger partial charge >= 0.3 is 0 Å². The van der Waals surface area contributed by atoms with Crippen molar-refractivity contribution >= 4 is 0 Å². The molecule has 2 rings (SSSR count). The normalized spacial score (nSPS) is 16.2. The van der Waals surface area contributed by atoms with E-state index < -0.39 is 0 Å². The maximum atomic E-state index is 14.2. The zero-order chi connectivity index (χ0) is 15.2. The van der Waals surface area contributed by atoms with Gasteiger partial charge in [0.2, 0.25) is 0 Å². The van der Waals surface area contributed by atoms with Crippen LogP contribution in [0.25, 0.3) is 0 Å². The molecule has 1 aliphatic carbocycles. The fourth-order valence-corrected chi connectivity index (χ4v) is 2.97. The molecule has 1 fully saturated rings. The number of rotatable bonds is 9. The Morgan fingerprint density at radius 2 is 2.14 bits per heavy atom. The van der Waals surface area contributed by atoms with Gasteiger partial charge in [0.05, 0.1) is 7.11 Å². The zero-order valence-corrected chi connectivity index (χ0v) is 13.4. The first kappa shape index (κ1) is 16.2. The second kappa shape index (κ2) is 7.76. The number of hydrogen-bond acceptors (Lipinski definition) is 3. The average Bonchev–Trinajstić information content (AvgIpc) is 3.32. The molecule has 1 aromatic carbocycles. The van der Waals surface area contributed by atoms with Crippen LogP contribution in [0.4, 0.5) is 4.39 Å². The first-order chi connectivity index (χ1) is 10.2. The molecule has 0 spiro atoms. The smallest absolute Gasteiger partial charge is 0.131 e. The molecule has 0 aromatic heterocycles. The Labute approximate surface area is 127 Å². The Kier molecular flexibility index (Phi) is 6.00. The molecule has 0 heterocycles. The number of methoxy groups -OCH3 is 1. The quantitative estimate of drug-likeness (QED) is 0.756. The second-order valence-electron chi connectivity index (χ2n) is 5.75. The van der Waals surface area contributed by atoms with Crippen LogP contribution in [0.2, 0.25) is 0 Å². The summed E-state index contributed by atoms with van der Waals surface area (Å²) in [4.78, 5) is 2.54. The maximum Gasteiger partial charge on any atom is 0.131 e. The Morgan fingerprint density at radius 3 is 2.71 bits per heavy atom. The largest absolute Gasteiger partial charge is 0.496 e. The van der Waals surface area contributed by atoms with Gasteiger partial charge in [-0.2, -0.15) is 0 Å². The summed E-state index contributed by atoms with van der Waals surface area (Å²) < 4.78 is 19.5. The van der Waals surface area contributed by atoms with Crippen LogP contribution in [0.1, 0.15) is 44.2 Å². The summed E-state index contributed by atoms with van der Waals surface area (Å²) in [5.74, 6) is 0.435. The molecule has 1 unspecified atom stereocenters. The predicted molar refractivity (Wildman–Crippen MR) is 84.3 cm³/mol. The van der Waals surface area contributed by atoms with Crippen LogP contribution < -0.4 is 10.1 Å². The van der Waals surface area contributed by atoms with Crippen LogP contribution in [0.15, 0.2) is 18.2 Å². The summed E-state index contributed by atoms with van der Waals surface area (Å²) in [6.45, 7) is 4.35. The Morgan fingerprint density at radius 1 is 1.38 bits per heavy atom. The van der Waals surface area contributed by atoms with Crippen LogP contribution in [0, 0.1) is 5.82 Å². The Bertz CT molecular complexity index is 448. The fourth-order valence-electron chi connectivity index (χ4n) is 2.97. The molecule has 1 aromatic rings. The van der Waals surface area contributed by atoms with E-state index in [2.05, 4.69) is 17.1 Å². The van der Waals surface area contributed by atoms with E-state index in [9.17, 15) is 4.39 Å². The van der Waals surface area contributed by atoms with Crippen molar-refractivity contribution in [1.29, 1.82) is 0 Å². The highest BCUT2D eigenvalue weighted by atomic mass is 19.1. The lowest BCUT2D eigenvalue weighted by atomic mass is 10.0. The third kappa shape index (κ3) is 4.17. The lowest BCUT2D eigenvalue weighted by molar-refractivity contribution is 0.247.